The highest BCUT2D eigenvalue weighted by Gasteiger charge is 2.17. The average molecular weight is 320 g/mol. The van der Waals surface area contributed by atoms with E-state index in [1.165, 1.54) is 0 Å². The van der Waals surface area contributed by atoms with Crippen LogP contribution >= 0.6 is 0 Å². The summed E-state index contributed by atoms with van der Waals surface area (Å²) in [5.74, 6) is -0.265. The monoisotopic (exact) mass is 320 g/mol. The van der Waals surface area contributed by atoms with Gasteiger partial charge in [0.15, 0.2) is 5.82 Å². The van der Waals surface area contributed by atoms with Gasteiger partial charge in [0.25, 0.3) is 0 Å². The Labute approximate surface area is 139 Å². The highest BCUT2D eigenvalue weighted by molar-refractivity contribution is 6.06. The van der Waals surface area contributed by atoms with Gasteiger partial charge in [0.1, 0.15) is 6.61 Å². The number of esters is 1. The Kier molecular flexibility index (Phi) is 4.52. The second kappa shape index (κ2) is 6.91. The fourth-order valence-electron chi connectivity index (χ4n) is 2.31. The molecule has 0 aliphatic rings. The van der Waals surface area contributed by atoms with Crippen LogP contribution in [0.3, 0.4) is 0 Å². The number of carbonyl (C=O) groups is 2. The van der Waals surface area contributed by atoms with E-state index in [-0.39, 0.29) is 12.4 Å². The van der Waals surface area contributed by atoms with E-state index >= 15 is 0 Å². The van der Waals surface area contributed by atoms with E-state index in [0.717, 1.165) is 0 Å². The Balaban J connectivity index is 1.71. The molecule has 0 atom stereocenters. The first-order valence-electron chi connectivity index (χ1n) is 7.49. The maximum Gasteiger partial charge on any atom is 0.338 e. The van der Waals surface area contributed by atoms with Gasteiger partial charge < -0.3 is 9.30 Å². The lowest BCUT2D eigenvalue weighted by molar-refractivity contribution is 0.0464. The molecule has 5 nitrogen and oxygen atoms in total. The smallest absolute Gasteiger partial charge is 0.338 e. The number of benzene rings is 2. The molecule has 0 fully saturated rings. The maximum absolute atomic E-state index is 12.4. The molecule has 0 unspecified atom stereocenters. The Morgan fingerprint density at radius 3 is 2.17 bits per heavy atom. The molecular weight excluding hydrogens is 304 g/mol. The minimum Gasteiger partial charge on any atom is -0.456 e. The van der Waals surface area contributed by atoms with Crippen LogP contribution < -0.4 is 0 Å². The summed E-state index contributed by atoms with van der Waals surface area (Å²) in [5.41, 5.74) is 1.71. The molecule has 2 aromatic carbocycles. The van der Waals surface area contributed by atoms with E-state index in [2.05, 4.69) is 4.98 Å². The Morgan fingerprint density at radius 2 is 1.54 bits per heavy atom. The third kappa shape index (κ3) is 3.25. The molecule has 0 aliphatic heterocycles. The highest BCUT2D eigenvalue weighted by Crippen LogP contribution is 2.12. The summed E-state index contributed by atoms with van der Waals surface area (Å²) >= 11 is 0. The van der Waals surface area contributed by atoms with E-state index in [1.807, 2.05) is 12.1 Å². The lowest BCUT2D eigenvalue weighted by Gasteiger charge is -2.07. The van der Waals surface area contributed by atoms with Gasteiger partial charge in [-0.15, -0.1) is 0 Å². The third-order valence-corrected chi connectivity index (χ3v) is 3.68. The molecule has 0 saturated heterocycles. The summed E-state index contributed by atoms with van der Waals surface area (Å²) in [6.45, 7) is 0.0549. The quantitative estimate of drug-likeness (QED) is 0.535. The van der Waals surface area contributed by atoms with Crippen LogP contribution in [0.15, 0.2) is 66.9 Å². The van der Waals surface area contributed by atoms with Crippen LogP contribution in [0.5, 0.6) is 0 Å². The number of hydrogen-bond donors (Lipinski definition) is 0. The number of ether oxygens (including phenoxy) is 1. The summed E-state index contributed by atoms with van der Waals surface area (Å²) in [4.78, 5) is 28.6. The first-order valence-corrected chi connectivity index (χ1v) is 7.49. The number of ketones is 1. The van der Waals surface area contributed by atoms with Crippen LogP contribution in [0, 0.1) is 0 Å². The zero-order chi connectivity index (χ0) is 16.9. The molecule has 120 valence electrons. The zero-order valence-corrected chi connectivity index (χ0v) is 13.2. The summed E-state index contributed by atoms with van der Waals surface area (Å²) in [6.07, 6.45) is 1.55. The molecule has 0 radical (unpaired) electrons. The predicted octanol–water partition coefficient (Wildman–Crippen LogP) is 3.01. The van der Waals surface area contributed by atoms with Crippen molar-refractivity contribution in [1.82, 2.24) is 9.55 Å². The molecule has 0 bridgehead atoms. The van der Waals surface area contributed by atoms with Crippen molar-refractivity contribution in [2.75, 3.05) is 0 Å². The highest BCUT2D eigenvalue weighted by atomic mass is 16.5. The normalized spacial score (nSPS) is 10.4. The molecule has 0 N–H and O–H groups in total. The first kappa shape index (κ1) is 15.7. The number of rotatable bonds is 5. The molecule has 24 heavy (non-hydrogen) atoms. The van der Waals surface area contributed by atoms with Crippen molar-refractivity contribution >= 4 is 11.8 Å². The van der Waals surface area contributed by atoms with Crippen LogP contribution in [0.2, 0.25) is 0 Å². The van der Waals surface area contributed by atoms with Crippen LogP contribution in [-0.2, 0) is 18.4 Å². The van der Waals surface area contributed by atoms with Crippen LogP contribution in [-0.4, -0.2) is 21.3 Å². The van der Waals surface area contributed by atoms with Gasteiger partial charge in [0, 0.05) is 12.6 Å². The van der Waals surface area contributed by atoms with Gasteiger partial charge in [0.2, 0.25) is 5.78 Å². The van der Waals surface area contributed by atoms with Gasteiger partial charge in [0.05, 0.1) is 17.5 Å². The number of carbonyl (C=O) groups excluding carboxylic acids is 2. The summed E-state index contributed by atoms with van der Waals surface area (Å²) < 4.78 is 6.93. The van der Waals surface area contributed by atoms with Crippen molar-refractivity contribution in [1.29, 1.82) is 0 Å². The van der Waals surface area contributed by atoms with Gasteiger partial charge in [-0.2, -0.15) is 0 Å². The van der Waals surface area contributed by atoms with Crippen molar-refractivity contribution in [2.45, 2.75) is 6.61 Å². The minimum atomic E-state index is -0.410. The number of aromatic nitrogens is 2. The van der Waals surface area contributed by atoms with Crippen molar-refractivity contribution < 1.29 is 14.3 Å². The first-order chi connectivity index (χ1) is 11.7. The third-order valence-electron chi connectivity index (χ3n) is 3.68. The molecule has 1 aromatic heterocycles. The van der Waals surface area contributed by atoms with E-state index < -0.39 is 5.97 Å². The van der Waals surface area contributed by atoms with Crippen molar-refractivity contribution in [3.63, 3.8) is 0 Å². The van der Waals surface area contributed by atoms with Gasteiger partial charge in [-0.05, 0) is 12.1 Å². The van der Waals surface area contributed by atoms with Crippen molar-refractivity contribution in [3.05, 3.63) is 89.5 Å². The molecule has 3 rings (SSSR count). The van der Waals surface area contributed by atoms with E-state index in [1.54, 1.807) is 66.3 Å². The van der Waals surface area contributed by atoms with Crippen molar-refractivity contribution in [3.8, 4) is 0 Å². The largest absolute Gasteiger partial charge is 0.456 e. The molecule has 0 aliphatic carbocycles. The molecule has 0 spiro atoms. The average Bonchev–Trinajstić information content (AvgIpc) is 3.01. The Hall–Kier alpha value is -3.21. The van der Waals surface area contributed by atoms with Gasteiger partial charge in [-0.3, -0.25) is 4.79 Å². The SMILES string of the molecule is Cn1c(COC(=O)c2ccccc2)cnc1C(=O)c1ccccc1. The van der Waals surface area contributed by atoms with Crippen LogP contribution in [0.25, 0.3) is 0 Å². The fourth-order valence-corrected chi connectivity index (χ4v) is 2.31. The van der Waals surface area contributed by atoms with Crippen LogP contribution in [0.1, 0.15) is 32.2 Å². The lowest BCUT2D eigenvalue weighted by atomic mass is 10.1. The standard InChI is InChI=1S/C19H16N2O3/c1-21-16(13-24-19(23)15-10-6-3-7-11-15)12-20-18(21)17(22)14-8-4-2-5-9-14/h2-12H,13H2,1H3. The molecule has 0 amide bonds. The van der Waals surface area contributed by atoms with Gasteiger partial charge >= 0.3 is 5.97 Å². The molecular formula is C19H16N2O3. The molecule has 5 heteroatoms. The Bertz CT molecular complexity index is 855. The topological polar surface area (TPSA) is 61.2 Å². The second-order valence-electron chi connectivity index (χ2n) is 5.27. The zero-order valence-electron chi connectivity index (χ0n) is 13.2. The summed E-state index contributed by atoms with van der Waals surface area (Å²) in [5, 5.41) is 0. The molecule has 0 saturated carbocycles. The second-order valence-corrected chi connectivity index (χ2v) is 5.27. The summed E-state index contributed by atoms with van der Waals surface area (Å²) in [7, 11) is 1.73. The fraction of sp³-hybridized carbons (Fsp3) is 0.105. The predicted molar refractivity (Wildman–Crippen MR) is 88.6 cm³/mol. The lowest BCUT2D eigenvalue weighted by Crippen LogP contribution is -2.12. The van der Waals surface area contributed by atoms with Crippen LogP contribution in [0.4, 0.5) is 0 Å². The number of hydrogen-bond acceptors (Lipinski definition) is 4. The van der Waals surface area contributed by atoms with E-state index in [4.69, 9.17) is 4.74 Å². The maximum atomic E-state index is 12.4. The van der Waals surface area contributed by atoms with E-state index in [9.17, 15) is 9.59 Å². The van der Waals surface area contributed by atoms with Gasteiger partial charge in [-0.1, -0.05) is 48.5 Å². The van der Waals surface area contributed by atoms with E-state index in [0.29, 0.717) is 22.6 Å². The molecule has 3 aromatic rings. The van der Waals surface area contributed by atoms with Crippen molar-refractivity contribution in [2.24, 2.45) is 7.05 Å². The minimum absolute atomic E-state index is 0.0549. The molecule has 1 heterocycles. The number of imidazole rings is 1. The van der Waals surface area contributed by atoms with Gasteiger partial charge in [-0.25, -0.2) is 9.78 Å². The number of nitrogens with zero attached hydrogens (tertiary/aromatic N) is 2. The Morgan fingerprint density at radius 1 is 0.958 bits per heavy atom. The summed E-state index contributed by atoms with van der Waals surface area (Å²) in [6, 6.07) is 17.7.